The smallest absolute Gasteiger partial charge is 0.481 e. The molecule has 0 radical (unpaired) electrons. The van der Waals surface area contributed by atoms with E-state index in [-0.39, 0.29) is 19.4 Å². The molecular weight excluding hydrogens is 244 g/mol. The lowest BCUT2D eigenvalue weighted by Crippen LogP contribution is -2.23. The summed E-state index contributed by atoms with van der Waals surface area (Å²) in [4.78, 5) is 32.1. The molecule has 6 nitrogen and oxygen atoms in total. The maximum absolute atomic E-state index is 11.0. The van der Waals surface area contributed by atoms with E-state index in [9.17, 15) is 14.4 Å². The van der Waals surface area contributed by atoms with Gasteiger partial charge in [-0.05, 0) is 6.04 Å². The Morgan fingerprint density at radius 3 is 2.18 bits per heavy atom. The number of rotatable bonds is 6. The van der Waals surface area contributed by atoms with Gasteiger partial charge in [0, 0.05) is 8.07 Å². The van der Waals surface area contributed by atoms with Crippen LogP contribution in [0.25, 0.3) is 0 Å². The Balaban J connectivity index is 3.72. The van der Waals surface area contributed by atoms with E-state index in [1.165, 1.54) is 0 Å². The Labute approximate surface area is 101 Å². The van der Waals surface area contributed by atoms with Crippen molar-refractivity contribution in [3.05, 3.63) is 0 Å². The summed E-state index contributed by atoms with van der Waals surface area (Å²) in [5.74, 6) is -2.00. The van der Waals surface area contributed by atoms with Crippen molar-refractivity contribution < 1.29 is 29.0 Å². The summed E-state index contributed by atoms with van der Waals surface area (Å²) in [5.41, 5.74) is 0. The van der Waals surface area contributed by atoms with Crippen molar-refractivity contribution in [3.63, 3.8) is 0 Å². The summed E-state index contributed by atoms with van der Waals surface area (Å²) in [7, 11) is -1.29. The van der Waals surface area contributed by atoms with Crippen molar-refractivity contribution in [1.29, 1.82) is 0 Å². The third-order valence-corrected chi connectivity index (χ3v) is 3.52. The van der Waals surface area contributed by atoms with Crippen LogP contribution in [0.3, 0.4) is 0 Å². The Bertz CT molecular complexity index is 294. The molecule has 0 aliphatic heterocycles. The third-order valence-electron chi connectivity index (χ3n) is 1.81. The molecule has 0 unspecified atom stereocenters. The fourth-order valence-corrected chi connectivity index (χ4v) is 1.54. The first-order valence-electron chi connectivity index (χ1n) is 5.30. The van der Waals surface area contributed by atoms with Gasteiger partial charge in [-0.25, -0.2) is 4.79 Å². The van der Waals surface area contributed by atoms with Crippen LogP contribution in [0.4, 0.5) is 4.79 Å². The predicted octanol–water partition coefficient (Wildman–Crippen LogP) is 1.87. The molecule has 0 aliphatic rings. The van der Waals surface area contributed by atoms with Gasteiger partial charge in [0.15, 0.2) is 0 Å². The number of esters is 1. The van der Waals surface area contributed by atoms with E-state index < -0.39 is 26.2 Å². The van der Waals surface area contributed by atoms with Gasteiger partial charge in [-0.2, -0.15) is 0 Å². The lowest BCUT2D eigenvalue weighted by atomic mass is 10.3. The molecule has 0 aromatic rings. The summed E-state index contributed by atoms with van der Waals surface area (Å²) in [6.45, 7) is 6.60. The van der Waals surface area contributed by atoms with Gasteiger partial charge in [0.05, 0.1) is 19.4 Å². The van der Waals surface area contributed by atoms with E-state index in [4.69, 9.17) is 9.84 Å². The van der Waals surface area contributed by atoms with Crippen molar-refractivity contribution >= 4 is 26.2 Å². The Hall–Kier alpha value is -1.37. The zero-order valence-corrected chi connectivity index (χ0v) is 11.3. The number of ether oxygens (including phenoxy) is 2. The van der Waals surface area contributed by atoms with Gasteiger partial charge in [0.2, 0.25) is 0 Å². The Morgan fingerprint density at radius 2 is 1.71 bits per heavy atom. The van der Waals surface area contributed by atoms with Crippen molar-refractivity contribution in [1.82, 2.24) is 0 Å². The van der Waals surface area contributed by atoms with Crippen molar-refractivity contribution in [2.24, 2.45) is 0 Å². The van der Waals surface area contributed by atoms with Gasteiger partial charge in [-0.3, -0.25) is 9.59 Å². The van der Waals surface area contributed by atoms with Gasteiger partial charge < -0.3 is 14.6 Å². The Kier molecular flexibility index (Phi) is 6.48. The van der Waals surface area contributed by atoms with Crippen LogP contribution >= 0.6 is 0 Å². The molecule has 7 heteroatoms. The summed E-state index contributed by atoms with van der Waals surface area (Å²) in [5, 5.41) is 8.31. The highest BCUT2D eigenvalue weighted by Gasteiger charge is 2.16. The van der Waals surface area contributed by atoms with E-state index in [0.717, 1.165) is 6.04 Å². The minimum absolute atomic E-state index is 0.223. The van der Waals surface area contributed by atoms with Gasteiger partial charge in [-0.15, -0.1) is 0 Å². The minimum Gasteiger partial charge on any atom is -0.481 e. The fraction of sp³-hybridized carbons (Fsp3) is 0.700. The molecule has 0 bridgehead atoms. The number of aliphatic carboxylic acids is 1. The second kappa shape index (κ2) is 7.05. The van der Waals surface area contributed by atoms with Crippen LogP contribution in [0.15, 0.2) is 0 Å². The topological polar surface area (TPSA) is 89.9 Å². The SMILES string of the molecule is C[Si](C)(C)CCOC(=O)OC(=O)CCC(=O)O. The van der Waals surface area contributed by atoms with E-state index in [1.54, 1.807) is 0 Å². The lowest BCUT2D eigenvalue weighted by molar-refractivity contribution is -0.145. The van der Waals surface area contributed by atoms with Crippen molar-refractivity contribution in [2.45, 2.75) is 38.5 Å². The fourth-order valence-electron chi connectivity index (χ4n) is 0.823. The second-order valence-electron chi connectivity index (χ2n) is 4.78. The summed E-state index contributed by atoms with van der Waals surface area (Å²) >= 11 is 0. The lowest BCUT2D eigenvalue weighted by Gasteiger charge is -2.14. The zero-order chi connectivity index (χ0) is 13.5. The maximum atomic E-state index is 11.0. The number of hydrogen-bond donors (Lipinski definition) is 1. The van der Waals surface area contributed by atoms with Crippen LogP contribution in [0.2, 0.25) is 25.7 Å². The average molecular weight is 262 g/mol. The van der Waals surface area contributed by atoms with Crippen LogP contribution in [-0.4, -0.2) is 37.9 Å². The average Bonchev–Trinajstić information content (AvgIpc) is 2.12. The molecule has 0 saturated heterocycles. The molecule has 98 valence electrons. The molecule has 0 spiro atoms. The van der Waals surface area contributed by atoms with Crippen LogP contribution in [0, 0.1) is 0 Å². The summed E-state index contributed by atoms with van der Waals surface area (Å²) in [6.07, 6.45) is -1.75. The largest absolute Gasteiger partial charge is 0.516 e. The molecule has 0 fully saturated rings. The summed E-state index contributed by atoms with van der Waals surface area (Å²) < 4.78 is 8.97. The standard InChI is InChI=1S/C10H18O6Si/c1-17(2,3)7-6-15-10(14)16-9(13)5-4-8(11)12/h4-7H2,1-3H3,(H,11,12). The second-order valence-corrected chi connectivity index (χ2v) is 10.4. The molecule has 0 amide bonds. The van der Waals surface area contributed by atoms with Gasteiger partial charge in [0.25, 0.3) is 0 Å². The highest BCUT2D eigenvalue weighted by atomic mass is 28.3. The highest BCUT2D eigenvalue weighted by Crippen LogP contribution is 2.08. The molecule has 0 saturated carbocycles. The van der Waals surface area contributed by atoms with Gasteiger partial charge in [-0.1, -0.05) is 19.6 Å². The third kappa shape index (κ3) is 10.9. The Morgan fingerprint density at radius 1 is 1.12 bits per heavy atom. The van der Waals surface area contributed by atoms with Crippen LogP contribution in [0.1, 0.15) is 12.8 Å². The monoisotopic (exact) mass is 262 g/mol. The molecule has 1 N–H and O–H groups in total. The molecule has 0 aliphatic carbocycles. The van der Waals surface area contributed by atoms with E-state index in [1.807, 2.05) is 0 Å². The van der Waals surface area contributed by atoms with Crippen LogP contribution in [0.5, 0.6) is 0 Å². The molecule has 0 aromatic carbocycles. The highest BCUT2D eigenvalue weighted by molar-refractivity contribution is 6.76. The van der Waals surface area contributed by atoms with Crippen LogP contribution in [-0.2, 0) is 19.1 Å². The number of hydrogen-bond acceptors (Lipinski definition) is 5. The van der Waals surface area contributed by atoms with E-state index >= 15 is 0 Å². The minimum atomic E-state index is -1.29. The van der Waals surface area contributed by atoms with Crippen molar-refractivity contribution in [2.75, 3.05) is 6.61 Å². The number of carboxylic acids is 1. The molecule has 0 aromatic heterocycles. The van der Waals surface area contributed by atoms with Gasteiger partial charge >= 0.3 is 18.1 Å². The molecule has 17 heavy (non-hydrogen) atoms. The number of carbonyl (C=O) groups excluding carboxylic acids is 2. The van der Waals surface area contributed by atoms with Crippen molar-refractivity contribution in [3.8, 4) is 0 Å². The molecule has 0 rings (SSSR count). The normalized spacial score (nSPS) is 10.8. The molecule has 0 heterocycles. The predicted molar refractivity (Wildman–Crippen MR) is 62.5 cm³/mol. The first-order valence-corrected chi connectivity index (χ1v) is 9.00. The quantitative estimate of drug-likeness (QED) is 0.446. The number of carbonyl (C=O) groups is 3. The number of carboxylic acid groups (broad SMARTS) is 1. The first kappa shape index (κ1) is 15.6. The molecule has 0 atom stereocenters. The zero-order valence-electron chi connectivity index (χ0n) is 10.3. The van der Waals surface area contributed by atoms with E-state index in [0.29, 0.717) is 0 Å². The summed E-state index contributed by atoms with van der Waals surface area (Å²) in [6, 6.07) is 0.783. The van der Waals surface area contributed by atoms with Crippen LogP contribution < -0.4 is 0 Å². The maximum Gasteiger partial charge on any atom is 0.516 e. The first-order chi connectivity index (χ1) is 7.70. The van der Waals surface area contributed by atoms with Gasteiger partial charge in [0.1, 0.15) is 0 Å². The van der Waals surface area contributed by atoms with E-state index in [2.05, 4.69) is 24.4 Å². The molecular formula is C10H18O6Si.